The molecular formula is CH5CoLiNi. The second kappa shape index (κ2) is 23.3. The van der Waals surface area contributed by atoms with Crippen LogP contribution >= 0.6 is 0 Å². The van der Waals surface area contributed by atoms with Gasteiger partial charge in [0.1, 0.15) is 0 Å². The quantitative estimate of drug-likeness (QED) is 0.416. The monoisotopic (exact) mass is 141 g/mol. The van der Waals surface area contributed by atoms with Crippen molar-refractivity contribution in [1.29, 1.82) is 0 Å². The van der Waals surface area contributed by atoms with Crippen LogP contribution in [0, 0.1) is 0 Å². The normalized spacial score (nSPS) is 0. The van der Waals surface area contributed by atoms with Gasteiger partial charge in [0, 0.05) is 33.3 Å². The summed E-state index contributed by atoms with van der Waals surface area (Å²) < 4.78 is 0. The molecule has 0 atom stereocenters. The minimum atomic E-state index is 0. The van der Waals surface area contributed by atoms with Crippen molar-refractivity contribution < 1.29 is 33.3 Å². The molecule has 0 amide bonds. The first-order chi connectivity index (χ1) is 0. The molecular weight excluding hydrogens is 137 g/mol. The van der Waals surface area contributed by atoms with Crippen LogP contribution in [0.5, 0.6) is 0 Å². The molecule has 0 aromatic carbocycles. The van der Waals surface area contributed by atoms with E-state index in [0.717, 1.165) is 0 Å². The maximum absolute atomic E-state index is 0. The van der Waals surface area contributed by atoms with Gasteiger partial charge in [0.2, 0.25) is 0 Å². The van der Waals surface area contributed by atoms with E-state index in [1.165, 1.54) is 0 Å². The van der Waals surface area contributed by atoms with Crippen molar-refractivity contribution in [2.75, 3.05) is 0 Å². The second-order valence-corrected chi connectivity index (χ2v) is 0. The molecule has 0 saturated carbocycles. The Bertz CT molecular complexity index is 8.00. The predicted octanol–water partition coefficient (Wildman–Crippen LogP) is -0.0174. The summed E-state index contributed by atoms with van der Waals surface area (Å²) >= 11 is 0. The molecule has 0 aromatic heterocycles. The van der Waals surface area contributed by atoms with Gasteiger partial charge in [0.25, 0.3) is 0 Å². The van der Waals surface area contributed by atoms with Crippen molar-refractivity contribution in [3.8, 4) is 0 Å². The molecule has 0 bridgehead atoms. The van der Waals surface area contributed by atoms with Crippen LogP contribution in [-0.2, 0) is 33.3 Å². The van der Waals surface area contributed by atoms with E-state index in [4.69, 9.17) is 0 Å². The third-order valence-corrected chi connectivity index (χ3v) is 0. The third-order valence-electron chi connectivity index (χ3n) is 0. The molecule has 0 nitrogen and oxygen atoms in total. The molecule has 3 heteroatoms. The van der Waals surface area contributed by atoms with Gasteiger partial charge in [0.05, 0.1) is 0 Å². The van der Waals surface area contributed by atoms with Gasteiger partial charge in [0.15, 0.2) is 0 Å². The van der Waals surface area contributed by atoms with Crippen molar-refractivity contribution in [1.82, 2.24) is 0 Å². The maximum atomic E-state index is 0. The first-order valence-corrected chi connectivity index (χ1v) is 0. The molecule has 0 aliphatic rings. The van der Waals surface area contributed by atoms with Gasteiger partial charge in [-0.1, -0.05) is 7.43 Å². The number of rotatable bonds is 0. The zero-order valence-electron chi connectivity index (χ0n) is 0.650. The van der Waals surface area contributed by atoms with Crippen LogP contribution in [0.1, 0.15) is 7.43 Å². The fourth-order valence-electron chi connectivity index (χ4n) is 0. The van der Waals surface area contributed by atoms with Gasteiger partial charge in [-0.2, -0.15) is 0 Å². The summed E-state index contributed by atoms with van der Waals surface area (Å²) in [5, 5.41) is 0. The molecule has 0 N–H and O–H groups in total. The summed E-state index contributed by atoms with van der Waals surface area (Å²) in [4.78, 5) is 0. The summed E-state index contributed by atoms with van der Waals surface area (Å²) in [6.45, 7) is 0. The third kappa shape index (κ3) is 9.51. The van der Waals surface area contributed by atoms with Crippen molar-refractivity contribution in [3.05, 3.63) is 0 Å². The number of hydrogen-bond donors (Lipinski definition) is 0. The largest absolute Gasteiger partial charge is 0 e. The van der Waals surface area contributed by atoms with E-state index < -0.39 is 0 Å². The Morgan fingerprint density at radius 2 is 1.00 bits per heavy atom. The van der Waals surface area contributed by atoms with Gasteiger partial charge in [-0.05, 0) is 0 Å². The maximum Gasteiger partial charge on any atom is 0 e. The van der Waals surface area contributed by atoms with Gasteiger partial charge >= 0.3 is 18.9 Å². The molecule has 0 spiro atoms. The number of hydrogen-bond acceptors (Lipinski definition) is 0. The van der Waals surface area contributed by atoms with E-state index in [1.54, 1.807) is 0 Å². The van der Waals surface area contributed by atoms with Crippen molar-refractivity contribution >= 4 is 18.9 Å². The molecule has 1 radical (unpaired) electrons. The summed E-state index contributed by atoms with van der Waals surface area (Å²) in [5.41, 5.74) is 0. The smallest absolute Gasteiger partial charge is 0 e. The van der Waals surface area contributed by atoms with E-state index in [-0.39, 0.29) is 59.6 Å². The second-order valence-electron chi connectivity index (χ2n) is 0. The minimum absolute atomic E-state index is 0. The van der Waals surface area contributed by atoms with Crippen molar-refractivity contribution in [3.63, 3.8) is 0 Å². The zero-order chi connectivity index (χ0) is 0. The standard InChI is InChI=1S/CH4.Co.Li.Ni.H/h1H4;;;;. The molecule has 29 valence electrons. The van der Waals surface area contributed by atoms with Gasteiger partial charge < -0.3 is 0 Å². The first kappa shape index (κ1) is 46.4. The Labute approximate surface area is 59.4 Å². The first-order valence-electron chi connectivity index (χ1n) is 0. The fourth-order valence-corrected chi connectivity index (χ4v) is 0. The van der Waals surface area contributed by atoms with Gasteiger partial charge in [-0.3, -0.25) is 0 Å². The Morgan fingerprint density at radius 1 is 1.00 bits per heavy atom. The Hall–Kier alpha value is 1.60. The van der Waals surface area contributed by atoms with E-state index in [1.807, 2.05) is 0 Å². The van der Waals surface area contributed by atoms with Gasteiger partial charge in [-0.25, -0.2) is 0 Å². The molecule has 0 saturated heterocycles. The molecule has 0 aliphatic carbocycles. The van der Waals surface area contributed by atoms with E-state index >= 15 is 0 Å². The summed E-state index contributed by atoms with van der Waals surface area (Å²) in [6, 6.07) is 0. The molecule has 0 fully saturated rings. The van der Waals surface area contributed by atoms with Crippen molar-refractivity contribution in [2.24, 2.45) is 0 Å². The van der Waals surface area contributed by atoms with Crippen molar-refractivity contribution in [2.45, 2.75) is 7.43 Å². The molecule has 0 aliphatic heterocycles. The fraction of sp³-hybridized carbons (Fsp3) is 1.00. The van der Waals surface area contributed by atoms with Crippen LogP contribution in [0.3, 0.4) is 0 Å². The molecule has 0 rings (SSSR count). The Kier molecular flexibility index (Phi) is 270. The van der Waals surface area contributed by atoms with Crippen LogP contribution in [0.4, 0.5) is 0 Å². The molecule has 0 aromatic rings. The van der Waals surface area contributed by atoms with Crippen LogP contribution in [0.25, 0.3) is 0 Å². The minimum Gasteiger partial charge on any atom is 0 e. The molecule has 0 heterocycles. The summed E-state index contributed by atoms with van der Waals surface area (Å²) in [7, 11) is 0. The SMILES string of the molecule is C.[Co].[LiH].[Ni]. The van der Waals surface area contributed by atoms with Gasteiger partial charge in [-0.15, -0.1) is 0 Å². The predicted molar refractivity (Wildman–Crippen MR) is 13.9 cm³/mol. The average Bonchev–Trinajstić information content (AvgIpc) is 0. The summed E-state index contributed by atoms with van der Waals surface area (Å²) in [5.74, 6) is 0. The van der Waals surface area contributed by atoms with Crippen LogP contribution in [0.15, 0.2) is 0 Å². The van der Waals surface area contributed by atoms with Crippen LogP contribution < -0.4 is 0 Å². The molecule has 0 unspecified atom stereocenters. The summed E-state index contributed by atoms with van der Waals surface area (Å²) in [6.07, 6.45) is 0. The zero-order valence-corrected chi connectivity index (χ0v) is 2.68. The van der Waals surface area contributed by atoms with Crippen LogP contribution in [0.2, 0.25) is 0 Å². The van der Waals surface area contributed by atoms with E-state index in [0.29, 0.717) is 0 Å². The average molecular weight is 142 g/mol. The van der Waals surface area contributed by atoms with Crippen LogP contribution in [-0.4, -0.2) is 18.9 Å². The Balaban J connectivity index is 0. The Morgan fingerprint density at radius 3 is 1.00 bits per heavy atom. The molecule has 4 heavy (non-hydrogen) atoms. The topological polar surface area (TPSA) is 0 Å². The van der Waals surface area contributed by atoms with E-state index in [9.17, 15) is 0 Å². The van der Waals surface area contributed by atoms with E-state index in [2.05, 4.69) is 0 Å².